The predicted octanol–water partition coefficient (Wildman–Crippen LogP) is 6.16. The van der Waals surface area contributed by atoms with Gasteiger partial charge in [0.2, 0.25) is 0 Å². The van der Waals surface area contributed by atoms with Crippen molar-refractivity contribution in [3.05, 3.63) is 66.9 Å². The first-order valence-electron chi connectivity index (χ1n) is 12.3. The first-order valence-corrected chi connectivity index (χ1v) is 16.8. The molecule has 0 spiro atoms. The molecule has 3 rings (SSSR count). The van der Waals surface area contributed by atoms with Crippen LogP contribution in [-0.2, 0) is 24.2 Å². The zero-order chi connectivity index (χ0) is 30.0. The van der Waals surface area contributed by atoms with Crippen molar-refractivity contribution in [2.45, 2.75) is 70.7 Å². The quantitative estimate of drug-likeness (QED) is 0.152. The van der Waals surface area contributed by atoms with E-state index in [-0.39, 0.29) is 21.9 Å². The van der Waals surface area contributed by atoms with Gasteiger partial charge in [0, 0.05) is 38.7 Å². The molecule has 0 aliphatic carbocycles. The minimum absolute atomic E-state index is 0.0470. The Morgan fingerprint density at radius 1 is 1.10 bits per heavy atom. The summed E-state index contributed by atoms with van der Waals surface area (Å²) >= 11 is 2.92. The molecule has 0 saturated heterocycles. The summed E-state index contributed by atoms with van der Waals surface area (Å²) in [6, 6.07) is 1.74. The first-order chi connectivity index (χ1) is 18.5. The van der Waals surface area contributed by atoms with Crippen molar-refractivity contribution in [1.29, 1.82) is 0 Å². The maximum Gasteiger partial charge on any atom is 0.423 e. The van der Waals surface area contributed by atoms with Gasteiger partial charge in [-0.1, -0.05) is 19.6 Å². The van der Waals surface area contributed by atoms with Crippen LogP contribution < -0.4 is 16.4 Å². The summed E-state index contributed by atoms with van der Waals surface area (Å²) in [6.07, 6.45) is -5.62. The van der Waals surface area contributed by atoms with Gasteiger partial charge in [0.25, 0.3) is 11.1 Å². The van der Waals surface area contributed by atoms with Crippen LogP contribution >= 0.6 is 15.9 Å². The average Bonchev–Trinajstić information content (AvgIpc) is 2.81. The topological polar surface area (TPSA) is 78.2 Å². The van der Waals surface area contributed by atoms with Gasteiger partial charge in [-0.25, -0.2) is 17.9 Å². The second-order valence-corrected chi connectivity index (χ2v) is 17.2. The number of ether oxygens (including phenoxy) is 1. The zero-order valence-corrected chi connectivity index (χ0v) is 24.8. The highest BCUT2D eigenvalue weighted by molar-refractivity contribution is 9.10. The minimum atomic E-state index is -5.03. The lowest BCUT2D eigenvalue weighted by atomic mass is 10.1. The van der Waals surface area contributed by atoms with E-state index < -0.39 is 80.2 Å². The summed E-state index contributed by atoms with van der Waals surface area (Å²) in [6.45, 7) is 6.88. The number of pyridine rings is 1. The fourth-order valence-corrected chi connectivity index (χ4v) is 5.07. The molecular formula is C25H29BrF6N4O3Si. The van der Waals surface area contributed by atoms with Crippen LogP contribution in [0.4, 0.5) is 32.0 Å². The number of hydrogen-bond acceptors (Lipinski definition) is 5. The lowest BCUT2D eigenvalue weighted by Crippen LogP contribution is -2.34. The molecule has 2 atom stereocenters. The average molecular weight is 656 g/mol. The summed E-state index contributed by atoms with van der Waals surface area (Å²) in [4.78, 5) is 25.3. The van der Waals surface area contributed by atoms with E-state index in [1.807, 2.05) is 0 Å². The van der Waals surface area contributed by atoms with Gasteiger partial charge in [0.15, 0.2) is 0 Å². The number of aromatic nitrogens is 3. The third-order valence-electron chi connectivity index (χ3n) is 6.02. The van der Waals surface area contributed by atoms with E-state index in [9.17, 15) is 35.9 Å². The summed E-state index contributed by atoms with van der Waals surface area (Å²) in [7, 11) is -1.45. The number of benzene rings is 1. The smallest absolute Gasteiger partial charge is 0.381 e. The lowest BCUT2D eigenvalue weighted by molar-refractivity contribution is -0.138. The van der Waals surface area contributed by atoms with E-state index in [1.165, 1.54) is 6.92 Å². The predicted molar refractivity (Wildman–Crippen MR) is 146 cm³/mol. The Morgan fingerprint density at radius 2 is 1.77 bits per heavy atom. The van der Waals surface area contributed by atoms with Crippen molar-refractivity contribution in [3.8, 4) is 0 Å². The van der Waals surface area contributed by atoms with E-state index in [0.717, 1.165) is 35.1 Å². The number of nitrogens with one attached hydrogen (secondary N) is 1. The standard InChI is InChI=1S/C25H29BrF6N4O3Si/c1-14(7-15(27)11-35-12-20(29)16-8-18(26)19(28)9-17(16)23(35)37)34-21-10-33-36(13-39-5-6-40(2,3)4)24(38)22(21)25(30,31)32/h8-10,12,14-15,34H,5-7,11,13H2,1-4H3/t14-,15+/m0/s1. The SMILES string of the molecule is C[C@@H](C[C@@H](F)Cn1cc(F)c2cc(Br)c(F)cc2c1=O)Nc1cnn(COCC[Si](C)(C)C)c(=O)c1C(F)(F)F. The van der Waals surface area contributed by atoms with Crippen LogP contribution in [0, 0.1) is 11.6 Å². The molecule has 15 heteroatoms. The molecule has 0 aliphatic rings. The summed E-state index contributed by atoms with van der Waals surface area (Å²) in [5.41, 5.74) is -4.37. The van der Waals surface area contributed by atoms with Gasteiger partial charge in [-0.15, -0.1) is 0 Å². The van der Waals surface area contributed by atoms with Crippen molar-refractivity contribution < 1.29 is 31.1 Å². The van der Waals surface area contributed by atoms with Crippen LogP contribution in [-0.4, -0.2) is 41.2 Å². The molecule has 0 aliphatic heterocycles. The van der Waals surface area contributed by atoms with Gasteiger partial charge in [0.05, 0.1) is 28.3 Å². The fraction of sp³-hybridized carbons (Fsp3) is 0.480. The van der Waals surface area contributed by atoms with E-state index >= 15 is 0 Å². The normalized spacial score (nSPS) is 14.0. The van der Waals surface area contributed by atoms with Crippen LogP contribution in [0.25, 0.3) is 10.8 Å². The van der Waals surface area contributed by atoms with Gasteiger partial charge in [-0.2, -0.15) is 18.3 Å². The number of alkyl halides is 4. The summed E-state index contributed by atoms with van der Waals surface area (Å²) < 4.78 is 91.4. The van der Waals surface area contributed by atoms with Gasteiger partial charge >= 0.3 is 6.18 Å². The van der Waals surface area contributed by atoms with Crippen LogP contribution in [0.1, 0.15) is 18.9 Å². The number of rotatable bonds is 11. The largest absolute Gasteiger partial charge is 0.423 e. The zero-order valence-electron chi connectivity index (χ0n) is 22.2. The molecule has 0 amide bonds. The van der Waals surface area contributed by atoms with Crippen molar-refractivity contribution >= 4 is 40.5 Å². The Morgan fingerprint density at radius 3 is 2.40 bits per heavy atom. The second kappa shape index (κ2) is 12.5. The Labute approximate surface area is 235 Å². The Hall–Kier alpha value is -2.65. The molecule has 2 aromatic heterocycles. The number of anilines is 1. The van der Waals surface area contributed by atoms with Crippen molar-refractivity contribution in [2.75, 3.05) is 11.9 Å². The first kappa shape index (κ1) is 31.9. The van der Waals surface area contributed by atoms with Crippen LogP contribution in [0.15, 0.2) is 38.6 Å². The molecule has 0 bridgehead atoms. The molecule has 40 heavy (non-hydrogen) atoms. The molecule has 0 saturated carbocycles. The fourth-order valence-electron chi connectivity index (χ4n) is 3.97. The van der Waals surface area contributed by atoms with E-state index in [1.54, 1.807) is 0 Å². The molecule has 0 fully saturated rings. The third-order valence-corrected chi connectivity index (χ3v) is 8.33. The van der Waals surface area contributed by atoms with Crippen LogP contribution in [0.3, 0.4) is 0 Å². The summed E-state index contributed by atoms with van der Waals surface area (Å²) in [5, 5.41) is 5.80. The molecule has 1 N–H and O–H groups in total. The van der Waals surface area contributed by atoms with E-state index in [0.29, 0.717) is 4.68 Å². The van der Waals surface area contributed by atoms with Gasteiger partial charge in [0.1, 0.15) is 30.1 Å². The molecular weight excluding hydrogens is 626 g/mol. The highest BCUT2D eigenvalue weighted by Crippen LogP contribution is 2.32. The highest BCUT2D eigenvalue weighted by atomic mass is 79.9. The monoisotopic (exact) mass is 654 g/mol. The summed E-state index contributed by atoms with van der Waals surface area (Å²) in [5.74, 6) is -1.68. The van der Waals surface area contributed by atoms with Crippen molar-refractivity contribution in [1.82, 2.24) is 14.3 Å². The Bertz CT molecular complexity index is 1490. The minimum Gasteiger partial charge on any atom is -0.381 e. The highest BCUT2D eigenvalue weighted by Gasteiger charge is 2.38. The Balaban J connectivity index is 1.74. The van der Waals surface area contributed by atoms with E-state index in [2.05, 4.69) is 46.0 Å². The van der Waals surface area contributed by atoms with Crippen LogP contribution in [0.5, 0.6) is 0 Å². The number of fused-ring (bicyclic) bond motifs is 1. The van der Waals surface area contributed by atoms with Gasteiger partial charge < -0.3 is 14.6 Å². The molecule has 0 unspecified atom stereocenters. The van der Waals surface area contributed by atoms with Crippen LogP contribution in [0.2, 0.25) is 25.7 Å². The van der Waals surface area contributed by atoms with Crippen molar-refractivity contribution in [2.24, 2.45) is 0 Å². The number of nitrogens with zero attached hydrogens (tertiary/aromatic N) is 3. The molecule has 2 heterocycles. The van der Waals surface area contributed by atoms with E-state index in [4.69, 9.17) is 4.74 Å². The molecule has 3 aromatic rings. The molecule has 0 radical (unpaired) electrons. The lowest BCUT2D eigenvalue weighted by Gasteiger charge is -2.21. The number of hydrogen-bond donors (Lipinski definition) is 1. The van der Waals surface area contributed by atoms with Crippen molar-refractivity contribution in [3.63, 3.8) is 0 Å². The molecule has 220 valence electrons. The maximum absolute atomic E-state index is 14.9. The molecule has 1 aromatic carbocycles. The third kappa shape index (κ3) is 7.97. The second-order valence-electron chi connectivity index (χ2n) is 10.7. The Kier molecular flexibility index (Phi) is 9.93. The number of halogens is 7. The van der Waals surface area contributed by atoms with Gasteiger partial charge in [-0.3, -0.25) is 9.59 Å². The maximum atomic E-state index is 14.9. The molecule has 7 nitrogen and oxygen atoms in total. The van der Waals surface area contributed by atoms with Gasteiger partial charge in [-0.05, 0) is 41.0 Å².